The number of benzene rings is 1. The van der Waals surface area contributed by atoms with Gasteiger partial charge in [-0.05, 0) is 56.8 Å². The maximum absolute atomic E-state index is 12.8. The molecule has 1 aliphatic heterocycles. The highest BCUT2D eigenvalue weighted by molar-refractivity contribution is 5.85. The molecule has 20 heavy (non-hydrogen) atoms. The number of fused-ring (bicyclic) bond motifs is 3. The molecule has 3 rings (SSSR count). The first-order valence-corrected chi connectivity index (χ1v) is 7.62. The van der Waals surface area contributed by atoms with Crippen LogP contribution in [0.1, 0.15) is 30.9 Å². The van der Waals surface area contributed by atoms with Crippen LogP contribution >= 0.6 is 0 Å². The van der Waals surface area contributed by atoms with Crippen LogP contribution in [0.25, 0.3) is 0 Å². The van der Waals surface area contributed by atoms with Gasteiger partial charge in [0.15, 0.2) is 0 Å². The van der Waals surface area contributed by atoms with E-state index >= 15 is 0 Å². The van der Waals surface area contributed by atoms with Crippen molar-refractivity contribution in [3.63, 3.8) is 0 Å². The number of aryl methyl sites for hydroxylation is 1. The van der Waals surface area contributed by atoms with Gasteiger partial charge in [0.05, 0.1) is 12.0 Å². The van der Waals surface area contributed by atoms with Crippen LogP contribution < -0.4 is 0 Å². The van der Waals surface area contributed by atoms with Gasteiger partial charge in [-0.15, -0.1) is 0 Å². The van der Waals surface area contributed by atoms with Crippen molar-refractivity contribution >= 4 is 5.97 Å². The van der Waals surface area contributed by atoms with Gasteiger partial charge in [-0.1, -0.05) is 24.3 Å². The molecule has 2 aliphatic rings. The van der Waals surface area contributed by atoms with Crippen LogP contribution in [0.5, 0.6) is 0 Å². The van der Waals surface area contributed by atoms with Crippen molar-refractivity contribution in [3.05, 3.63) is 35.4 Å². The van der Waals surface area contributed by atoms with Crippen LogP contribution in [0, 0.1) is 5.92 Å². The molecule has 1 aromatic rings. The first-order chi connectivity index (χ1) is 9.68. The number of rotatable bonds is 2. The minimum absolute atomic E-state index is 0.00903. The Morgan fingerprint density at radius 3 is 3.05 bits per heavy atom. The first-order valence-electron chi connectivity index (χ1n) is 7.62. The lowest BCUT2D eigenvalue weighted by molar-refractivity contribution is -0.156. The number of piperidine rings is 1. The summed E-state index contributed by atoms with van der Waals surface area (Å²) in [6, 6.07) is 8.45. The minimum Gasteiger partial charge on any atom is -0.465 e. The molecule has 1 heterocycles. The summed E-state index contributed by atoms with van der Waals surface area (Å²) in [6.07, 6.45) is 3.04. The van der Waals surface area contributed by atoms with Crippen molar-refractivity contribution < 1.29 is 9.53 Å². The molecule has 1 fully saturated rings. The number of hydrogen-bond acceptors (Lipinski definition) is 3. The van der Waals surface area contributed by atoms with Gasteiger partial charge in [0.2, 0.25) is 0 Å². The fourth-order valence-corrected chi connectivity index (χ4v) is 4.03. The molecule has 0 unspecified atom stereocenters. The Balaban J connectivity index is 2.09. The monoisotopic (exact) mass is 273 g/mol. The van der Waals surface area contributed by atoms with E-state index in [-0.39, 0.29) is 5.97 Å². The molecule has 1 aliphatic carbocycles. The molecule has 1 saturated heterocycles. The highest BCUT2D eigenvalue weighted by Crippen LogP contribution is 2.47. The number of esters is 1. The SMILES string of the molecule is CCOC(=O)[C@]12CCN(C)C[C@H]1CCc1ccccc12. The van der Waals surface area contributed by atoms with Crippen LogP contribution in [0.4, 0.5) is 0 Å². The summed E-state index contributed by atoms with van der Waals surface area (Å²) >= 11 is 0. The van der Waals surface area contributed by atoms with Crippen LogP contribution in [0.3, 0.4) is 0 Å². The molecular weight excluding hydrogens is 250 g/mol. The minimum atomic E-state index is -0.405. The predicted molar refractivity (Wildman–Crippen MR) is 78.7 cm³/mol. The fourth-order valence-electron chi connectivity index (χ4n) is 4.03. The molecule has 0 spiro atoms. The summed E-state index contributed by atoms with van der Waals surface area (Å²) in [6.45, 7) is 4.31. The number of likely N-dealkylation sites (tertiary alicyclic amines) is 1. The smallest absolute Gasteiger partial charge is 0.316 e. The van der Waals surface area contributed by atoms with E-state index in [0.29, 0.717) is 12.5 Å². The summed E-state index contributed by atoms with van der Waals surface area (Å²) in [5.41, 5.74) is 2.15. The van der Waals surface area contributed by atoms with Crippen molar-refractivity contribution in [1.29, 1.82) is 0 Å². The van der Waals surface area contributed by atoms with Gasteiger partial charge in [0.25, 0.3) is 0 Å². The van der Waals surface area contributed by atoms with Crippen LogP contribution in [-0.2, 0) is 21.4 Å². The van der Waals surface area contributed by atoms with Gasteiger partial charge in [-0.2, -0.15) is 0 Å². The van der Waals surface area contributed by atoms with Gasteiger partial charge >= 0.3 is 5.97 Å². The Labute approximate surface area is 120 Å². The Kier molecular flexibility index (Phi) is 3.55. The lowest BCUT2D eigenvalue weighted by atomic mass is 9.60. The van der Waals surface area contributed by atoms with Gasteiger partial charge in [0.1, 0.15) is 0 Å². The second-order valence-corrected chi connectivity index (χ2v) is 6.10. The Hall–Kier alpha value is -1.35. The number of nitrogens with zero attached hydrogens (tertiary/aromatic N) is 1. The molecule has 0 radical (unpaired) electrons. The molecular formula is C17H23NO2. The van der Waals surface area contributed by atoms with Crippen LogP contribution in [-0.4, -0.2) is 37.6 Å². The zero-order valence-electron chi connectivity index (χ0n) is 12.4. The first kappa shape index (κ1) is 13.6. The normalized spacial score (nSPS) is 29.4. The fraction of sp³-hybridized carbons (Fsp3) is 0.588. The van der Waals surface area contributed by atoms with Gasteiger partial charge < -0.3 is 9.64 Å². The lowest BCUT2D eigenvalue weighted by Crippen LogP contribution is -2.55. The molecule has 0 amide bonds. The Bertz CT molecular complexity index is 513. The summed E-state index contributed by atoms with van der Waals surface area (Å²) < 4.78 is 5.48. The van der Waals surface area contributed by atoms with Gasteiger partial charge in [0, 0.05) is 6.54 Å². The van der Waals surface area contributed by atoms with Crippen molar-refractivity contribution in [2.75, 3.05) is 26.7 Å². The van der Waals surface area contributed by atoms with Crippen LogP contribution in [0.15, 0.2) is 24.3 Å². The van der Waals surface area contributed by atoms with Gasteiger partial charge in [-0.25, -0.2) is 0 Å². The summed E-state index contributed by atoms with van der Waals surface area (Å²) in [4.78, 5) is 15.1. The van der Waals surface area contributed by atoms with E-state index in [2.05, 4.69) is 36.2 Å². The molecule has 0 bridgehead atoms. The van der Waals surface area contributed by atoms with Crippen LogP contribution in [0.2, 0.25) is 0 Å². The van der Waals surface area contributed by atoms with E-state index in [1.54, 1.807) is 0 Å². The summed E-state index contributed by atoms with van der Waals surface area (Å²) in [5.74, 6) is 0.375. The number of ether oxygens (including phenoxy) is 1. The highest BCUT2D eigenvalue weighted by Gasteiger charge is 2.53. The third-order valence-corrected chi connectivity index (χ3v) is 5.02. The maximum atomic E-state index is 12.8. The van der Waals surface area contributed by atoms with E-state index in [1.807, 2.05) is 6.92 Å². The van der Waals surface area contributed by atoms with Crippen molar-refractivity contribution in [3.8, 4) is 0 Å². The second-order valence-electron chi connectivity index (χ2n) is 6.10. The molecule has 3 heteroatoms. The van der Waals surface area contributed by atoms with E-state index in [1.165, 1.54) is 11.1 Å². The molecule has 2 atom stereocenters. The van der Waals surface area contributed by atoms with E-state index in [9.17, 15) is 4.79 Å². The molecule has 0 aromatic heterocycles. The molecule has 108 valence electrons. The lowest BCUT2D eigenvalue weighted by Gasteiger charge is -2.48. The average Bonchev–Trinajstić information content (AvgIpc) is 2.47. The maximum Gasteiger partial charge on any atom is 0.316 e. The third kappa shape index (κ3) is 1.96. The van der Waals surface area contributed by atoms with E-state index < -0.39 is 5.41 Å². The van der Waals surface area contributed by atoms with Gasteiger partial charge in [-0.3, -0.25) is 4.79 Å². The standard InChI is InChI=1S/C17H23NO2/c1-3-20-16(19)17-10-11-18(2)12-14(17)9-8-13-6-4-5-7-15(13)17/h4-7,14H,3,8-12H2,1-2H3/t14-,17-/m1/s1. The van der Waals surface area contributed by atoms with E-state index in [4.69, 9.17) is 4.74 Å². The zero-order chi connectivity index (χ0) is 14.2. The highest BCUT2D eigenvalue weighted by atomic mass is 16.5. The molecule has 0 saturated carbocycles. The van der Waals surface area contributed by atoms with Crippen molar-refractivity contribution in [2.45, 2.75) is 31.6 Å². The topological polar surface area (TPSA) is 29.5 Å². The van der Waals surface area contributed by atoms with Crippen molar-refractivity contribution in [1.82, 2.24) is 4.90 Å². The second kappa shape index (κ2) is 5.21. The Morgan fingerprint density at radius 2 is 2.25 bits per heavy atom. The molecule has 1 aromatic carbocycles. The molecule has 0 N–H and O–H groups in total. The number of hydrogen-bond donors (Lipinski definition) is 0. The molecule has 3 nitrogen and oxygen atoms in total. The zero-order valence-corrected chi connectivity index (χ0v) is 12.4. The van der Waals surface area contributed by atoms with E-state index in [0.717, 1.165) is 32.4 Å². The summed E-state index contributed by atoms with van der Waals surface area (Å²) in [5, 5.41) is 0. The third-order valence-electron chi connectivity index (χ3n) is 5.02. The average molecular weight is 273 g/mol. The predicted octanol–water partition coefficient (Wildman–Crippen LogP) is 2.39. The van der Waals surface area contributed by atoms with Crippen molar-refractivity contribution in [2.24, 2.45) is 5.92 Å². The quantitative estimate of drug-likeness (QED) is 0.775. The largest absolute Gasteiger partial charge is 0.465 e. The number of carbonyl (C=O) groups is 1. The summed E-state index contributed by atoms with van der Waals surface area (Å²) in [7, 11) is 2.15. The number of carbonyl (C=O) groups excluding carboxylic acids is 1. The Morgan fingerprint density at radius 1 is 1.45 bits per heavy atom.